The number of likely N-dealkylation sites (tertiary alicyclic amines) is 1. The van der Waals surface area contributed by atoms with Crippen molar-refractivity contribution in [2.75, 3.05) is 53.6 Å². The second kappa shape index (κ2) is 12.3. The molecule has 37 heavy (non-hydrogen) atoms. The highest BCUT2D eigenvalue weighted by Gasteiger charge is 2.37. The fourth-order valence-electron chi connectivity index (χ4n) is 4.98. The molecule has 1 fully saturated rings. The Kier molecular flexibility index (Phi) is 8.94. The highest BCUT2D eigenvalue weighted by atomic mass is 19.2. The molecule has 0 unspecified atom stereocenters. The van der Waals surface area contributed by atoms with Crippen molar-refractivity contribution < 1.29 is 32.6 Å². The largest absolute Gasteiger partial charge is 0.496 e. The number of fused-ring (bicyclic) bond motifs is 4. The number of amides is 2. The normalized spacial score (nSPS) is 21.0. The van der Waals surface area contributed by atoms with Gasteiger partial charge in [-0.2, -0.15) is 0 Å². The van der Waals surface area contributed by atoms with Gasteiger partial charge >= 0.3 is 0 Å². The van der Waals surface area contributed by atoms with E-state index < -0.39 is 11.6 Å². The number of carbonyl (C=O) groups is 2. The predicted molar refractivity (Wildman–Crippen MR) is 132 cm³/mol. The van der Waals surface area contributed by atoms with Crippen molar-refractivity contribution in [1.29, 1.82) is 0 Å². The molecule has 10 heteroatoms. The third-order valence-corrected chi connectivity index (χ3v) is 6.83. The molecule has 0 aromatic heterocycles. The Balaban J connectivity index is 1.58. The Morgan fingerprint density at radius 1 is 1.16 bits per heavy atom. The number of methoxy groups -OCH3 is 2. The van der Waals surface area contributed by atoms with E-state index in [2.05, 4.69) is 5.32 Å². The summed E-state index contributed by atoms with van der Waals surface area (Å²) in [5.74, 6) is -1.53. The molecular formula is C27H33F2N3O5. The van der Waals surface area contributed by atoms with Gasteiger partial charge in [0.2, 0.25) is 11.8 Å². The van der Waals surface area contributed by atoms with Crippen molar-refractivity contribution in [3.8, 4) is 11.5 Å². The molecule has 0 aliphatic carbocycles. The number of halogens is 2. The Morgan fingerprint density at radius 3 is 2.78 bits per heavy atom. The third-order valence-electron chi connectivity index (χ3n) is 6.83. The molecule has 0 radical (unpaired) electrons. The fraction of sp³-hybridized carbons (Fsp3) is 0.481. The lowest BCUT2D eigenvalue weighted by molar-refractivity contribution is -0.134. The van der Waals surface area contributed by atoms with Crippen LogP contribution in [0.25, 0.3) is 0 Å². The number of nitrogens with one attached hydrogen (secondary N) is 1. The lowest BCUT2D eigenvalue weighted by Crippen LogP contribution is -2.45. The average molecular weight is 518 g/mol. The first-order valence-corrected chi connectivity index (χ1v) is 12.4. The number of rotatable bonds is 5. The molecule has 1 N–H and O–H groups in total. The van der Waals surface area contributed by atoms with E-state index in [1.165, 1.54) is 20.3 Å². The molecule has 2 atom stereocenters. The van der Waals surface area contributed by atoms with Crippen LogP contribution in [-0.2, 0) is 20.9 Å². The summed E-state index contributed by atoms with van der Waals surface area (Å²) in [6, 6.07) is 9.82. The van der Waals surface area contributed by atoms with Crippen LogP contribution in [0.4, 0.5) is 8.78 Å². The Bertz CT molecular complexity index is 1120. The second-order valence-electron chi connectivity index (χ2n) is 9.39. The molecule has 0 spiro atoms. The van der Waals surface area contributed by atoms with Crippen LogP contribution >= 0.6 is 0 Å². The molecule has 2 bridgehead atoms. The number of hydrogen-bond acceptors (Lipinski definition) is 6. The van der Waals surface area contributed by atoms with Gasteiger partial charge in [-0.15, -0.1) is 0 Å². The van der Waals surface area contributed by atoms with E-state index in [4.69, 9.17) is 14.2 Å². The standard InChI is InChI=1S/C27H33F2N3O5/c1-35-17-26(34)32-14-20-18-6-5-7-19(12-18)37-11-4-3-10-31(16-25(33)30-23(20)15-32)13-21-24(36-2)9-8-22(28)27(21)29/h5-9,12,20,23H,3-4,10-11,13-17H2,1-2H3,(H,30,33)/t20-,23+/m1/s1. The van der Waals surface area contributed by atoms with Gasteiger partial charge < -0.3 is 24.4 Å². The summed E-state index contributed by atoms with van der Waals surface area (Å²) in [6.45, 7) is 1.69. The van der Waals surface area contributed by atoms with E-state index >= 15 is 0 Å². The van der Waals surface area contributed by atoms with Crippen molar-refractivity contribution in [3.05, 3.63) is 59.2 Å². The molecule has 2 aromatic rings. The monoisotopic (exact) mass is 517 g/mol. The second-order valence-corrected chi connectivity index (χ2v) is 9.39. The molecule has 0 saturated carbocycles. The van der Waals surface area contributed by atoms with Gasteiger partial charge in [0, 0.05) is 38.2 Å². The predicted octanol–water partition coefficient (Wildman–Crippen LogP) is 2.71. The summed E-state index contributed by atoms with van der Waals surface area (Å²) >= 11 is 0. The van der Waals surface area contributed by atoms with Gasteiger partial charge in [0.15, 0.2) is 11.6 Å². The van der Waals surface area contributed by atoms with Gasteiger partial charge in [0.1, 0.15) is 18.1 Å². The summed E-state index contributed by atoms with van der Waals surface area (Å²) in [7, 11) is 2.87. The minimum Gasteiger partial charge on any atom is -0.496 e. The first-order valence-electron chi connectivity index (χ1n) is 12.4. The summed E-state index contributed by atoms with van der Waals surface area (Å²) in [4.78, 5) is 29.2. The lowest BCUT2D eigenvalue weighted by Gasteiger charge is -2.26. The van der Waals surface area contributed by atoms with E-state index in [1.807, 2.05) is 24.3 Å². The smallest absolute Gasteiger partial charge is 0.248 e. The maximum atomic E-state index is 14.7. The Labute approximate surface area is 215 Å². The molecule has 2 aliphatic rings. The maximum absolute atomic E-state index is 14.7. The van der Waals surface area contributed by atoms with E-state index in [9.17, 15) is 18.4 Å². The number of nitrogens with zero attached hydrogens (tertiary/aromatic N) is 2. The molecule has 2 aliphatic heterocycles. The molecule has 200 valence electrons. The molecule has 4 rings (SSSR count). The van der Waals surface area contributed by atoms with Crippen molar-refractivity contribution in [3.63, 3.8) is 0 Å². The van der Waals surface area contributed by atoms with Gasteiger partial charge in [-0.05, 0) is 49.2 Å². The zero-order chi connectivity index (χ0) is 26.4. The maximum Gasteiger partial charge on any atom is 0.248 e. The van der Waals surface area contributed by atoms with Crippen LogP contribution in [0.2, 0.25) is 0 Å². The van der Waals surface area contributed by atoms with Crippen molar-refractivity contribution in [2.45, 2.75) is 31.3 Å². The van der Waals surface area contributed by atoms with Crippen LogP contribution in [0.5, 0.6) is 11.5 Å². The van der Waals surface area contributed by atoms with E-state index in [-0.39, 0.29) is 54.8 Å². The summed E-state index contributed by atoms with van der Waals surface area (Å²) in [5.41, 5.74) is 1.04. The quantitative estimate of drug-likeness (QED) is 0.657. The van der Waals surface area contributed by atoms with E-state index in [1.54, 1.807) is 9.80 Å². The highest BCUT2D eigenvalue weighted by molar-refractivity contribution is 5.80. The van der Waals surface area contributed by atoms with Gasteiger partial charge in [0.05, 0.1) is 26.3 Å². The van der Waals surface area contributed by atoms with Crippen molar-refractivity contribution in [2.24, 2.45) is 0 Å². The lowest BCUT2D eigenvalue weighted by atomic mass is 9.94. The molecule has 2 amide bonds. The number of benzene rings is 2. The zero-order valence-electron chi connectivity index (χ0n) is 21.2. The van der Waals surface area contributed by atoms with Crippen LogP contribution in [-0.4, -0.2) is 81.3 Å². The van der Waals surface area contributed by atoms with Crippen LogP contribution in [0.1, 0.15) is 29.9 Å². The topological polar surface area (TPSA) is 80.3 Å². The van der Waals surface area contributed by atoms with Gasteiger partial charge in [-0.3, -0.25) is 14.5 Å². The first kappa shape index (κ1) is 26.8. The zero-order valence-corrected chi connectivity index (χ0v) is 21.2. The number of hydrogen-bond donors (Lipinski definition) is 1. The Hall–Kier alpha value is -3.24. The van der Waals surface area contributed by atoms with Crippen molar-refractivity contribution in [1.82, 2.24) is 15.1 Å². The number of ether oxygens (including phenoxy) is 3. The fourth-order valence-corrected chi connectivity index (χ4v) is 4.98. The van der Waals surface area contributed by atoms with Crippen molar-refractivity contribution >= 4 is 11.8 Å². The molecular weight excluding hydrogens is 484 g/mol. The van der Waals surface area contributed by atoms with Crippen LogP contribution < -0.4 is 14.8 Å². The minimum atomic E-state index is -0.982. The van der Waals surface area contributed by atoms with E-state index in [0.29, 0.717) is 32.7 Å². The van der Waals surface area contributed by atoms with Gasteiger partial charge in [-0.1, -0.05) is 12.1 Å². The van der Waals surface area contributed by atoms with Gasteiger partial charge in [0.25, 0.3) is 0 Å². The summed E-state index contributed by atoms with van der Waals surface area (Å²) < 4.78 is 44.9. The summed E-state index contributed by atoms with van der Waals surface area (Å²) in [6.07, 6.45) is 1.41. The first-order chi connectivity index (χ1) is 17.9. The SMILES string of the molecule is COCC(=O)N1C[C@@H]2NC(=O)CN(Cc3c(OC)ccc(F)c3F)CCCCOc3cccc(c3)[C@H]2C1. The minimum absolute atomic E-state index is 0.00658. The van der Waals surface area contributed by atoms with Crippen LogP contribution in [0.15, 0.2) is 36.4 Å². The molecule has 8 nitrogen and oxygen atoms in total. The Morgan fingerprint density at radius 2 is 2.00 bits per heavy atom. The third kappa shape index (κ3) is 6.56. The average Bonchev–Trinajstić information content (AvgIpc) is 3.30. The number of carbonyl (C=O) groups excluding carboxylic acids is 2. The highest BCUT2D eigenvalue weighted by Crippen LogP contribution is 2.31. The summed E-state index contributed by atoms with van der Waals surface area (Å²) in [5, 5.41) is 3.08. The van der Waals surface area contributed by atoms with E-state index in [0.717, 1.165) is 23.8 Å². The van der Waals surface area contributed by atoms with Crippen LogP contribution in [0.3, 0.4) is 0 Å². The van der Waals surface area contributed by atoms with Crippen LogP contribution in [0, 0.1) is 11.6 Å². The molecule has 1 saturated heterocycles. The van der Waals surface area contributed by atoms with Gasteiger partial charge in [-0.25, -0.2) is 8.78 Å². The molecule has 2 heterocycles. The molecule has 2 aromatic carbocycles.